The van der Waals surface area contributed by atoms with Crippen LogP contribution in [0, 0.1) is 0 Å². The number of hydrogen-bond donors (Lipinski definition) is 3. The van der Waals surface area contributed by atoms with Gasteiger partial charge in [0, 0.05) is 12.8 Å². The molecular formula is C84H163NO5. The summed E-state index contributed by atoms with van der Waals surface area (Å²) in [6.07, 6.45) is 103. The third-order valence-corrected chi connectivity index (χ3v) is 19.7. The van der Waals surface area contributed by atoms with Crippen molar-refractivity contribution in [2.45, 2.75) is 488 Å². The predicted octanol–water partition coefficient (Wildman–Crippen LogP) is 27.6. The van der Waals surface area contributed by atoms with Gasteiger partial charge in [0.05, 0.1) is 25.4 Å². The normalized spacial score (nSPS) is 12.5. The largest absolute Gasteiger partial charge is 0.466 e. The fourth-order valence-electron chi connectivity index (χ4n) is 13.4. The van der Waals surface area contributed by atoms with Crippen LogP contribution in [0.3, 0.4) is 0 Å². The van der Waals surface area contributed by atoms with E-state index in [4.69, 9.17) is 4.74 Å². The number of hydrogen-bond acceptors (Lipinski definition) is 5. The van der Waals surface area contributed by atoms with Crippen molar-refractivity contribution in [1.82, 2.24) is 5.32 Å². The lowest BCUT2D eigenvalue weighted by Gasteiger charge is -2.20. The topological polar surface area (TPSA) is 95.9 Å². The molecule has 6 heteroatoms. The zero-order valence-electron chi connectivity index (χ0n) is 61.4. The summed E-state index contributed by atoms with van der Waals surface area (Å²) in [4.78, 5) is 24.6. The van der Waals surface area contributed by atoms with E-state index in [1.54, 1.807) is 6.08 Å². The number of aliphatic hydroxyl groups excluding tert-OH is 2. The summed E-state index contributed by atoms with van der Waals surface area (Å²) in [5.41, 5.74) is 0. The van der Waals surface area contributed by atoms with Crippen molar-refractivity contribution in [3.63, 3.8) is 0 Å². The number of esters is 1. The summed E-state index contributed by atoms with van der Waals surface area (Å²) < 4.78 is 5.48. The maximum Gasteiger partial charge on any atom is 0.305 e. The van der Waals surface area contributed by atoms with Crippen molar-refractivity contribution in [2.24, 2.45) is 0 Å². The molecule has 0 aromatic rings. The number of allylic oxidation sites excluding steroid dienone is 3. The van der Waals surface area contributed by atoms with Crippen LogP contribution in [-0.2, 0) is 14.3 Å². The molecule has 0 radical (unpaired) electrons. The first-order valence-electron chi connectivity index (χ1n) is 41.6. The predicted molar refractivity (Wildman–Crippen MR) is 398 cm³/mol. The second kappa shape index (κ2) is 79.8. The molecule has 0 spiro atoms. The average Bonchev–Trinajstić information content (AvgIpc) is 3.65. The van der Waals surface area contributed by atoms with Crippen molar-refractivity contribution in [1.29, 1.82) is 0 Å². The third kappa shape index (κ3) is 75.4. The average molecular weight is 1270 g/mol. The van der Waals surface area contributed by atoms with E-state index in [9.17, 15) is 19.8 Å². The quantitative estimate of drug-likeness (QED) is 0.0320. The van der Waals surface area contributed by atoms with Gasteiger partial charge in [0.2, 0.25) is 5.91 Å². The zero-order valence-corrected chi connectivity index (χ0v) is 61.4. The molecule has 0 heterocycles. The molecule has 0 saturated heterocycles. The molecule has 0 aliphatic heterocycles. The van der Waals surface area contributed by atoms with Crippen molar-refractivity contribution < 1.29 is 24.5 Å². The van der Waals surface area contributed by atoms with Crippen LogP contribution in [0.1, 0.15) is 476 Å². The highest BCUT2D eigenvalue weighted by Crippen LogP contribution is 2.21. The molecule has 2 atom stereocenters. The Morgan fingerprint density at radius 3 is 0.811 bits per heavy atom. The first-order valence-corrected chi connectivity index (χ1v) is 41.6. The molecule has 90 heavy (non-hydrogen) atoms. The van der Waals surface area contributed by atoms with Crippen molar-refractivity contribution in [3.8, 4) is 0 Å². The summed E-state index contributed by atoms with van der Waals surface area (Å²) >= 11 is 0. The van der Waals surface area contributed by atoms with Crippen LogP contribution < -0.4 is 5.32 Å². The molecule has 534 valence electrons. The van der Waals surface area contributed by atoms with Crippen LogP contribution in [0.5, 0.6) is 0 Å². The number of carbonyl (C=O) groups is 2. The van der Waals surface area contributed by atoms with Gasteiger partial charge in [-0.2, -0.15) is 0 Å². The summed E-state index contributed by atoms with van der Waals surface area (Å²) in [6, 6.07) is -0.624. The van der Waals surface area contributed by atoms with E-state index in [-0.39, 0.29) is 18.5 Å². The molecule has 0 saturated carbocycles. The maximum atomic E-state index is 12.6. The number of carbonyl (C=O) groups excluding carboxylic acids is 2. The van der Waals surface area contributed by atoms with Gasteiger partial charge in [-0.1, -0.05) is 430 Å². The molecule has 2 unspecified atom stereocenters. The number of rotatable bonds is 79. The lowest BCUT2D eigenvalue weighted by atomic mass is 10.0. The smallest absolute Gasteiger partial charge is 0.305 e. The van der Waals surface area contributed by atoms with Gasteiger partial charge in [0.25, 0.3) is 0 Å². The summed E-state index contributed by atoms with van der Waals surface area (Å²) in [7, 11) is 0. The second-order valence-corrected chi connectivity index (χ2v) is 28.8. The van der Waals surface area contributed by atoms with Crippen LogP contribution >= 0.6 is 0 Å². The van der Waals surface area contributed by atoms with E-state index in [0.717, 1.165) is 44.9 Å². The Hall–Kier alpha value is -1.66. The number of aliphatic hydroxyl groups is 2. The van der Waals surface area contributed by atoms with Gasteiger partial charge in [-0.25, -0.2) is 0 Å². The molecule has 0 bridgehead atoms. The standard InChI is InChI=1S/C84H163NO5/c1-3-5-7-9-11-13-15-17-18-19-20-21-41-44-47-50-53-56-60-64-68-72-76-82(87)81(80-86)85-83(88)77-73-69-65-61-57-54-51-48-45-42-39-37-35-33-31-29-27-25-23-22-24-26-28-30-32-34-36-38-40-43-46-49-52-55-59-63-67-71-75-79-90-84(89)78-74-70-66-62-58-16-14-12-10-8-6-4-2/h12,14,72,76,81-82,86-87H,3-11,13,15-71,73-75,77-80H2,1-2H3,(H,85,88)/b14-12-,76-72+. The van der Waals surface area contributed by atoms with E-state index in [1.165, 1.54) is 405 Å². The Balaban J connectivity index is 3.32. The number of ether oxygens (including phenoxy) is 1. The van der Waals surface area contributed by atoms with Crippen LogP contribution in [0.2, 0.25) is 0 Å². The minimum atomic E-state index is -0.841. The lowest BCUT2D eigenvalue weighted by Crippen LogP contribution is -2.45. The van der Waals surface area contributed by atoms with Gasteiger partial charge in [0.15, 0.2) is 0 Å². The van der Waals surface area contributed by atoms with Crippen LogP contribution in [-0.4, -0.2) is 47.4 Å². The van der Waals surface area contributed by atoms with Crippen LogP contribution in [0.4, 0.5) is 0 Å². The van der Waals surface area contributed by atoms with Gasteiger partial charge in [-0.15, -0.1) is 0 Å². The molecule has 3 N–H and O–H groups in total. The number of nitrogens with one attached hydrogen (secondary N) is 1. The molecule has 0 aliphatic rings. The first-order chi connectivity index (χ1) is 44.5. The molecule has 0 aromatic heterocycles. The molecular weight excluding hydrogens is 1100 g/mol. The highest BCUT2D eigenvalue weighted by Gasteiger charge is 2.18. The van der Waals surface area contributed by atoms with Crippen LogP contribution in [0.15, 0.2) is 24.3 Å². The van der Waals surface area contributed by atoms with Gasteiger partial charge in [0.1, 0.15) is 0 Å². The number of amides is 1. The Morgan fingerprint density at radius 2 is 0.522 bits per heavy atom. The maximum absolute atomic E-state index is 12.6. The van der Waals surface area contributed by atoms with Gasteiger partial charge in [-0.05, 0) is 57.8 Å². The van der Waals surface area contributed by atoms with E-state index >= 15 is 0 Å². The molecule has 0 aromatic carbocycles. The van der Waals surface area contributed by atoms with Crippen molar-refractivity contribution in [2.75, 3.05) is 13.2 Å². The van der Waals surface area contributed by atoms with E-state index in [1.807, 2.05) is 6.08 Å². The second-order valence-electron chi connectivity index (χ2n) is 28.8. The van der Waals surface area contributed by atoms with Gasteiger partial charge in [-0.3, -0.25) is 9.59 Å². The zero-order chi connectivity index (χ0) is 64.9. The molecule has 0 fully saturated rings. The van der Waals surface area contributed by atoms with E-state index in [2.05, 4.69) is 31.3 Å². The Bertz CT molecular complexity index is 1410. The highest BCUT2D eigenvalue weighted by atomic mass is 16.5. The monoisotopic (exact) mass is 1270 g/mol. The molecule has 1 amide bonds. The minimum Gasteiger partial charge on any atom is -0.466 e. The number of unbranched alkanes of at least 4 members (excludes halogenated alkanes) is 66. The molecule has 0 rings (SSSR count). The van der Waals surface area contributed by atoms with Crippen molar-refractivity contribution >= 4 is 11.9 Å². The summed E-state index contributed by atoms with van der Waals surface area (Å²) in [5, 5.41) is 23.3. The molecule has 6 nitrogen and oxygen atoms in total. The molecule has 0 aliphatic carbocycles. The van der Waals surface area contributed by atoms with Crippen LogP contribution in [0.25, 0.3) is 0 Å². The van der Waals surface area contributed by atoms with E-state index < -0.39 is 12.1 Å². The highest BCUT2D eigenvalue weighted by molar-refractivity contribution is 5.76. The van der Waals surface area contributed by atoms with E-state index in [0.29, 0.717) is 19.4 Å². The first kappa shape index (κ1) is 88.3. The Labute approximate surface area is 564 Å². The van der Waals surface area contributed by atoms with Crippen molar-refractivity contribution in [3.05, 3.63) is 24.3 Å². The fraction of sp³-hybridized carbons (Fsp3) is 0.929. The minimum absolute atomic E-state index is 0.0146. The summed E-state index contributed by atoms with van der Waals surface area (Å²) in [6.45, 7) is 4.93. The summed E-state index contributed by atoms with van der Waals surface area (Å²) in [5.74, 6) is -0.0420. The van der Waals surface area contributed by atoms with Gasteiger partial charge >= 0.3 is 5.97 Å². The Morgan fingerprint density at radius 1 is 0.300 bits per heavy atom. The Kier molecular flexibility index (Phi) is 78.3. The third-order valence-electron chi connectivity index (χ3n) is 19.7. The SMILES string of the molecule is CCCCC/C=C\CCCCCCCC(=O)OCCCCCCCCCCCCCCCCCCCCCCCCCCCCCCCCCCCCCCCCCC(=O)NC(CO)C(O)/C=C/CCCCCCCCCCCCCCCCCCCCCC. The fourth-order valence-corrected chi connectivity index (χ4v) is 13.4. The lowest BCUT2D eigenvalue weighted by molar-refractivity contribution is -0.143. The van der Waals surface area contributed by atoms with Gasteiger partial charge < -0.3 is 20.3 Å².